The molecule has 3 nitrogen and oxygen atoms in total. The summed E-state index contributed by atoms with van der Waals surface area (Å²) in [7, 11) is 0. The van der Waals surface area contributed by atoms with E-state index in [1.807, 2.05) is 0 Å². The summed E-state index contributed by atoms with van der Waals surface area (Å²) >= 11 is 0. The lowest BCUT2D eigenvalue weighted by Gasteiger charge is -2.05. The summed E-state index contributed by atoms with van der Waals surface area (Å²) in [5.41, 5.74) is 5.63. The van der Waals surface area contributed by atoms with Gasteiger partial charge in [0.1, 0.15) is 0 Å². The van der Waals surface area contributed by atoms with Gasteiger partial charge >= 0.3 is 0 Å². The average molecular weight is 293 g/mol. The first-order chi connectivity index (χ1) is 8.63. The molecule has 0 unspecified atom stereocenters. The molecule has 0 spiro atoms. The fourth-order valence-corrected chi connectivity index (χ4v) is 1.58. The predicted molar refractivity (Wildman–Crippen MR) is 74.4 cm³/mol. The van der Waals surface area contributed by atoms with Gasteiger partial charge in [-0.1, -0.05) is 12.8 Å². The molecule has 1 amide bonds. The summed E-state index contributed by atoms with van der Waals surface area (Å²) < 4.78 is 25.5. The van der Waals surface area contributed by atoms with Crippen LogP contribution < -0.4 is 11.1 Å². The first kappa shape index (κ1) is 17.8. The van der Waals surface area contributed by atoms with Crippen LogP contribution in [0.1, 0.15) is 32.1 Å². The first-order valence-electron chi connectivity index (χ1n) is 6.08. The van der Waals surface area contributed by atoms with Gasteiger partial charge in [-0.25, -0.2) is 8.78 Å². The van der Waals surface area contributed by atoms with Crippen LogP contribution in [0.25, 0.3) is 0 Å². The van der Waals surface area contributed by atoms with Crippen molar-refractivity contribution in [2.75, 3.05) is 11.9 Å². The Kier molecular flexibility index (Phi) is 9.08. The van der Waals surface area contributed by atoms with Gasteiger partial charge in [-0.3, -0.25) is 4.79 Å². The van der Waals surface area contributed by atoms with Crippen molar-refractivity contribution in [3.63, 3.8) is 0 Å². The summed E-state index contributed by atoms with van der Waals surface area (Å²) in [5, 5.41) is 2.53. The Morgan fingerprint density at radius 3 is 2.42 bits per heavy atom. The second-order valence-electron chi connectivity index (χ2n) is 4.13. The molecule has 0 aliphatic carbocycles. The van der Waals surface area contributed by atoms with Crippen LogP contribution in [0.2, 0.25) is 0 Å². The number of carbonyl (C=O) groups is 1. The number of nitrogens with one attached hydrogen (secondary N) is 1. The largest absolute Gasteiger partial charge is 0.330 e. The molecule has 0 aliphatic heterocycles. The quantitative estimate of drug-likeness (QED) is 0.758. The molecule has 0 aromatic heterocycles. The van der Waals surface area contributed by atoms with E-state index >= 15 is 0 Å². The van der Waals surface area contributed by atoms with Crippen LogP contribution in [0, 0.1) is 11.6 Å². The summed E-state index contributed by atoms with van der Waals surface area (Å²) in [6.07, 6.45) is 4.07. The third-order valence-corrected chi connectivity index (χ3v) is 2.56. The molecule has 0 radical (unpaired) electrons. The number of halogens is 3. The van der Waals surface area contributed by atoms with Crippen LogP contribution in [0.15, 0.2) is 18.2 Å². The highest BCUT2D eigenvalue weighted by molar-refractivity contribution is 5.90. The molecule has 0 fully saturated rings. The highest BCUT2D eigenvalue weighted by Crippen LogP contribution is 2.13. The minimum atomic E-state index is -0.962. The van der Waals surface area contributed by atoms with E-state index in [1.54, 1.807) is 0 Å². The van der Waals surface area contributed by atoms with Crippen LogP contribution >= 0.6 is 12.4 Å². The van der Waals surface area contributed by atoms with Crippen molar-refractivity contribution >= 4 is 24.0 Å². The van der Waals surface area contributed by atoms with Crippen LogP contribution in [-0.2, 0) is 4.79 Å². The Bertz CT molecular complexity index is 402. The Morgan fingerprint density at radius 1 is 1.11 bits per heavy atom. The molecule has 0 saturated carbocycles. The molecule has 19 heavy (non-hydrogen) atoms. The zero-order valence-electron chi connectivity index (χ0n) is 10.6. The second kappa shape index (κ2) is 9.69. The molecule has 0 aliphatic rings. The van der Waals surface area contributed by atoms with Crippen LogP contribution in [0.3, 0.4) is 0 Å². The molecule has 0 heterocycles. The third-order valence-electron chi connectivity index (χ3n) is 2.56. The van der Waals surface area contributed by atoms with Gasteiger partial charge in [0.25, 0.3) is 0 Å². The smallest absolute Gasteiger partial charge is 0.224 e. The number of unbranched alkanes of at least 4 members (excludes halogenated alkanes) is 3. The van der Waals surface area contributed by atoms with E-state index in [1.165, 1.54) is 6.07 Å². The lowest BCUT2D eigenvalue weighted by molar-refractivity contribution is -0.116. The minimum absolute atomic E-state index is 0. The Morgan fingerprint density at radius 2 is 1.79 bits per heavy atom. The fraction of sp³-hybridized carbons (Fsp3) is 0.462. The minimum Gasteiger partial charge on any atom is -0.330 e. The maximum atomic E-state index is 12.9. The summed E-state index contributed by atoms with van der Waals surface area (Å²) in [6, 6.07) is 3.30. The number of benzene rings is 1. The number of carbonyl (C=O) groups excluding carboxylic acids is 1. The molecule has 6 heteroatoms. The zero-order chi connectivity index (χ0) is 13.4. The predicted octanol–water partition coefficient (Wildman–Crippen LogP) is 3.23. The van der Waals surface area contributed by atoms with E-state index in [0.29, 0.717) is 13.0 Å². The molecule has 0 bridgehead atoms. The van der Waals surface area contributed by atoms with Gasteiger partial charge in [0.05, 0.1) is 0 Å². The zero-order valence-corrected chi connectivity index (χ0v) is 11.4. The number of nitrogens with two attached hydrogens (primary N) is 1. The number of rotatable bonds is 7. The van der Waals surface area contributed by atoms with Gasteiger partial charge < -0.3 is 11.1 Å². The normalized spacial score (nSPS) is 9.84. The second-order valence-corrected chi connectivity index (χ2v) is 4.13. The van der Waals surface area contributed by atoms with Crippen molar-refractivity contribution in [3.05, 3.63) is 29.8 Å². The lowest BCUT2D eigenvalue weighted by atomic mass is 10.1. The molecule has 1 rings (SSSR count). The third kappa shape index (κ3) is 7.08. The first-order valence-corrected chi connectivity index (χ1v) is 6.08. The van der Waals surface area contributed by atoms with Gasteiger partial charge in [-0.15, -0.1) is 12.4 Å². The van der Waals surface area contributed by atoms with Crippen molar-refractivity contribution in [3.8, 4) is 0 Å². The number of amides is 1. The van der Waals surface area contributed by atoms with E-state index in [9.17, 15) is 13.6 Å². The standard InChI is InChI=1S/C13H18F2N2O.ClH/c14-11-7-6-10(9-12(11)15)17-13(18)5-3-1-2-4-8-16;/h6-7,9H,1-5,8,16H2,(H,17,18);1H. The van der Waals surface area contributed by atoms with Gasteiger partial charge in [0, 0.05) is 18.2 Å². The van der Waals surface area contributed by atoms with Gasteiger partial charge in [-0.05, 0) is 31.5 Å². The Balaban J connectivity index is 0.00000324. The average Bonchev–Trinajstić information content (AvgIpc) is 2.34. The van der Waals surface area contributed by atoms with Gasteiger partial charge in [-0.2, -0.15) is 0 Å². The van der Waals surface area contributed by atoms with E-state index in [4.69, 9.17) is 5.73 Å². The summed E-state index contributed by atoms with van der Waals surface area (Å²) in [5.74, 6) is -2.07. The molecule has 0 atom stereocenters. The highest BCUT2D eigenvalue weighted by Gasteiger charge is 2.05. The molecular formula is C13H19ClF2N2O. The molecule has 1 aromatic rings. The molecule has 108 valence electrons. The molecule has 3 N–H and O–H groups in total. The number of hydrogen-bond donors (Lipinski definition) is 2. The topological polar surface area (TPSA) is 55.1 Å². The maximum Gasteiger partial charge on any atom is 0.224 e. The highest BCUT2D eigenvalue weighted by atomic mass is 35.5. The van der Waals surface area contributed by atoms with Crippen LogP contribution in [-0.4, -0.2) is 12.5 Å². The van der Waals surface area contributed by atoms with Crippen molar-refractivity contribution in [2.45, 2.75) is 32.1 Å². The van der Waals surface area contributed by atoms with Gasteiger partial charge in [0.2, 0.25) is 5.91 Å². The van der Waals surface area contributed by atoms with Gasteiger partial charge in [0.15, 0.2) is 11.6 Å². The molecule has 1 aromatic carbocycles. The summed E-state index contributed by atoms with van der Waals surface area (Å²) in [6.45, 7) is 0.668. The Labute approximate surface area is 118 Å². The van der Waals surface area contributed by atoms with Crippen molar-refractivity contribution in [2.24, 2.45) is 5.73 Å². The van der Waals surface area contributed by atoms with E-state index in [0.717, 1.165) is 37.8 Å². The fourth-order valence-electron chi connectivity index (χ4n) is 1.58. The molecular weight excluding hydrogens is 274 g/mol. The summed E-state index contributed by atoms with van der Waals surface area (Å²) in [4.78, 5) is 11.5. The van der Waals surface area contributed by atoms with E-state index < -0.39 is 11.6 Å². The van der Waals surface area contributed by atoms with E-state index in [2.05, 4.69) is 5.32 Å². The monoisotopic (exact) mass is 292 g/mol. The Hall–Kier alpha value is -1.20. The number of hydrogen-bond acceptors (Lipinski definition) is 2. The number of anilines is 1. The van der Waals surface area contributed by atoms with Crippen molar-refractivity contribution < 1.29 is 13.6 Å². The molecule has 0 saturated heterocycles. The van der Waals surface area contributed by atoms with Crippen molar-refractivity contribution in [1.82, 2.24) is 0 Å². The SMILES string of the molecule is Cl.NCCCCCCC(=O)Nc1ccc(F)c(F)c1. The van der Waals surface area contributed by atoms with Crippen molar-refractivity contribution in [1.29, 1.82) is 0 Å². The van der Waals surface area contributed by atoms with Crippen LogP contribution in [0.5, 0.6) is 0 Å². The van der Waals surface area contributed by atoms with Crippen LogP contribution in [0.4, 0.5) is 14.5 Å². The maximum absolute atomic E-state index is 12.9. The lowest BCUT2D eigenvalue weighted by Crippen LogP contribution is -2.11. The van der Waals surface area contributed by atoms with E-state index in [-0.39, 0.29) is 24.0 Å².